The van der Waals surface area contributed by atoms with E-state index in [4.69, 9.17) is 9.57 Å². The van der Waals surface area contributed by atoms with Crippen LogP contribution in [-0.2, 0) is 19.2 Å². The Kier molecular flexibility index (Phi) is 6.08. The first kappa shape index (κ1) is 18.3. The molecule has 2 aliphatic rings. The molecular weight excluding hydrogens is 316 g/mol. The summed E-state index contributed by atoms with van der Waals surface area (Å²) in [5.41, 5.74) is -0.491. The van der Waals surface area contributed by atoms with E-state index in [1.54, 1.807) is 23.7 Å². The lowest BCUT2D eigenvalue weighted by Gasteiger charge is -2.31. The molecule has 0 aromatic rings. The van der Waals surface area contributed by atoms with E-state index in [0.29, 0.717) is 31.4 Å². The van der Waals surface area contributed by atoms with Crippen LogP contribution in [0.2, 0.25) is 0 Å². The highest BCUT2D eigenvalue weighted by atomic mass is 32.2. The molecule has 2 rings (SSSR count). The van der Waals surface area contributed by atoms with Crippen LogP contribution in [0.1, 0.15) is 40.5 Å². The number of carbonyl (C=O) groups is 2. The number of aliphatic imine (C=N–C) groups is 1. The van der Waals surface area contributed by atoms with Gasteiger partial charge in [0.05, 0.1) is 17.1 Å². The molecule has 1 saturated heterocycles. The van der Waals surface area contributed by atoms with Crippen LogP contribution in [0.5, 0.6) is 0 Å². The number of hydrogen-bond acceptors (Lipinski definition) is 7. The van der Waals surface area contributed by atoms with Crippen molar-refractivity contribution in [2.75, 3.05) is 25.4 Å². The summed E-state index contributed by atoms with van der Waals surface area (Å²) in [6.07, 6.45) is 1.78. The van der Waals surface area contributed by atoms with Crippen LogP contribution in [0, 0.1) is 11.3 Å². The van der Waals surface area contributed by atoms with Gasteiger partial charge in [-0.2, -0.15) is 0 Å². The smallest absolute Gasteiger partial charge is 0.331 e. The Labute approximate surface area is 141 Å². The van der Waals surface area contributed by atoms with Gasteiger partial charge in [-0.25, -0.2) is 9.59 Å². The predicted octanol–water partition coefficient (Wildman–Crippen LogP) is 2.28. The third-order valence-electron chi connectivity index (χ3n) is 3.86. The third-order valence-corrected chi connectivity index (χ3v) is 5.08. The number of hydrogen-bond donors (Lipinski definition) is 0. The van der Waals surface area contributed by atoms with Crippen LogP contribution in [-0.4, -0.2) is 53.5 Å². The van der Waals surface area contributed by atoms with E-state index in [9.17, 15) is 9.59 Å². The first-order valence-corrected chi connectivity index (χ1v) is 9.14. The summed E-state index contributed by atoms with van der Waals surface area (Å²) >= 11 is 1.65. The second-order valence-electron chi connectivity index (χ2n) is 6.88. The summed E-state index contributed by atoms with van der Waals surface area (Å²) in [6, 6.07) is -0.355. The highest BCUT2D eigenvalue weighted by Gasteiger charge is 2.33. The van der Waals surface area contributed by atoms with E-state index in [0.717, 1.165) is 17.9 Å². The number of rotatable bonds is 4. The van der Waals surface area contributed by atoms with Crippen molar-refractivity contribution >= 4 is 28.7 Å². The summed E-state index contributed by atoms with van der Waals surface area (Å²) in [5.74, 6) is 0.592. The molecule has 0 radical (unpaired) electrons. The molecule has 1 atom stereocenters. The van der Waals surface area contributed by atoms with E-state index < -0.39 is 5.41 Å². The predicted molar refractivity (Wildman–Crippen MR) is 90.2 cm³/mol. The lowest BCUT2D eigenvalue weighted by molar-refractivity contribution is -0.204. The normalized spacial score (nSPS) is 23.5. The van der Waals surface area contributed by atoms with Gasteiger partial charge in [-0.3, -0.25) is 4.99 Å². The monoisotopic (exact) mass is 342 g/mol. The fourth-order valence-electron chi connectivity index (χ4n) is 2.42. The molecule has 0 aromatic carbocycles. The summed E-state index contributed by atoms with van der Waals surface area (Å²) in [4.78, 5) is 33.6. The molecule has 0 bridgehead atoms. The summed E-state index contributed by atoms with van der Waals surface area (Å²) in [7, 11) is 0. The third kappa shape index (κ3) is 4.94. The molecule has 2 aliphatic heterocycles. The van der Waals surface area contributed by atoms with Crippen molar-refractivity contribution in [3.05, 3.63) is 0 Å². The van der Waals surface area contributed by atoms with Gasteiger partial charge in [0.2, 0.25) is 0 Å². The van der Waals surface area contributed by atoms with Crippen molar-refractivity contribution in [3.63, 3.8) is 0 Å². The number of carbonyl (C=O) groups excluding carboxylic acids is 2. The van der Waals surface area contributed by atoms with Gasteiger partial charge in [-0.15, -0.1) is 16.8 Å². The Hall–Kier alpha value is -1.08. The first-order chi connectivity index (χ1) is 10.8. The van der Waals surface area contributed by atoms with Gasteiger partial charge in [-0.05, 0) is 40.5 Å². The molecule has 2 heterocycles. The van der Waals surface area contributed by atoms with E-state index >= 15 is 0 Å². The zero-order valence-corrected chi connectivity index (χ0v) is 15.1. The number of hydroxylamine groups is 2. The molecule has 7 heteroatoms. The van der Waals surface area contributed by atoms with E-state index in [2.05, 4.69) is 4.99 Å². The van der Waals surface area contributed by atoms with Crippen LogP contribution in [0.15, 0.2) is 4.99 Å². The fraction of sp³-hybridized carbons (Fsp3) is 0.812. The van der Waals surface area contributed by atoms with Crippen molar-refractivity contribution in [3.8, 4) is 0 Å². The van der Waals surface area contributed by atoms with E-state index in [-0.39, 0.29) is 18.0 Å². The lowest BCUT2D eigenvalue weighted by atomic mass is 9.97. The lowest BCUT2D eigenvalue weighted by Crippen LogP contribution is -2.39. The summed E-state index contributed by atoms with van der Waals surface area (Å²) in [5, 5.41) is 2.79. The van der Waals surface area contributed by atoms with Crippen LogP contribution >= 0.6 is 11.8 Å². The molecule has 6 nitrogen and oxygen atoms in total. The summed E-state index contributed by atoms with van der Waals surface area (Å²) in [6.45, 7) is 9.15. The van der Waals surface area contributed by atoms with Crippen LogP contribution in [0.25, 0.3) is 0 Å². The SMILES string of the molecule is CCOC(=O)C1CSC(C2CCN(OC(=O)C(C)(C)C)CC2)=N1. The van der Waals surface area contributed by atoms with Gasteiger partial charge in [0, 0.05) is 24.8 Å². The largest absolute Gasteiger partial charge is 0.464 e. The molecule has 0 saturated carbocycles. The summed E-state index contributed by atoms with van der Waals surface area (Å²) < 4.78 is 5.03. The van der Waals surface area contributed by atoms with Gasteiger partial charge in [0.15, 0.2) is 6.04 Å². The molecule has 130 valence electrons. The van der Waals surface area contributed by atoms with Crippen LogP contribution in [0.3, 0.4) is 0 Å². The number of ether oxygens (including phenoxy) is 1. The second kappa shape index (κ2) is 7.66. The van der Waals surface area contributed by atoms with Crippen molar-refractivity contribution in [1.82, 2.24) is 5.06 Å². The van der Waals surface area contributed by atoms with Crippen LogP contribution in [0.4, 0.5) is 0 Å². The Morgan fingerprint density at radius 3 is 2.52 bits per heavy atom. The minimum atomic E-state index is -0.491. The maximum absolute atomic E-state index is 11.9. The molecule has 1 fully saturated rings. The number of esters is 1. The Balaban J connectivity index is 1.82. The molecule has 0 spiro atoms. The first-order valence-electron chi connectivity index (χ1n) is 8.15. The number of piperidine rings is 1. The average molecular weight is 342 g/mol. The van der Waals surface area contributed by atoms with Gasteiger partial charge in [-0.1, -0.05) is 0 Å². The van der Waals surface area contributed by atoms with Gasteiger partial charge < -0.3 is 9.57 Å². The molecular formula is C16H26N2O4S. The van der Waals surface area contributed by atoms with Crippen molar-refractivity contribution in [1.29, 1.82) is 0 Å². The van der Waals surface area contributed by atoms with Crippen molar-refractivity contribution in [2.24, 2.45) is 16.3 Å². The number of nitrogens with zero attached hydrogens (tertiary/aromatic N) is 2. The topological polar surface area (TPSA) is 68.2 Å². The van der Waals surface area contributed by atoms with Crippen molar-refractivity contribution in [2.45, 2.75) is 46.6 Å². The Morgan fingerprint density at radius 1 is 1.30 bits per heavy atom. The van der Waals surface area contributed by atoms with Crippen molar-refractivity contribution < 1.29 is 19.2 Å². The maximum Gasteiger partial charge on any atom is 0.331 e. The minimum Gasteiger partial charge on any atom is -0.464 e. The minimum absolute atomic E-state index is 0.203. The highest BCUT2D eigenvalue weighted by molar-refractivity contribution is 8.14. The second-order valence-corrected chi connectivity index (χ2v) is 7.92. The van der Waals surface area contributed by atoms with Gasteiger partial charge in [0.25, 0.3) is 0 Å². The molecule has 1 unspecified atom stereocenters. The molecule has 0 aliphatic carbocycles. The van der Waals surface area contributed by atoms with E-state index in [1.807, 2.05) is 20.8 Å². The van der Waals surface area contributed by atoms with Gasteiger partial charge in [0.1, 0.15) is 0 Å². The zero-order chi connectivity index (χ0) is 17.0. The maximum atomic E-state index is 11.9. The standard InChI is InChI=1S/C16H26N2O4S/c1-5-21-14(19)12-10-23-13(17-12)11-6-8-18(9-7-11)22-15(20)16(2,3)4/h11-12H,5-10H2,1-4H3. The quantitative estimate of drug-likeness (QED) is 0.730. The van der Waals surface area contributed by atoms with E-state index in [1.165, 1.54) is 0 Å². The fourth-order valence-corrected chi connectivity index (χ4v) is 3.64. The average Bonchev–Trinajstić information content (AvgIpc) is 2.97. The zero-order valence-electron chi connectivity index (χ0n) is 14.3. The Bertz CT molecular complexity index is 479. The molecule has 0 N–H and O–H groups in total. The molecule has 0 aromatic heterocycles. The Morgan fingerprint density at radius 2 is 1.96 bits per heavy atom. The highest BCUT2D eigenvalue weighted by Crippen LogP contribution is 2.30. The van der Waals surface area contributed by atoms with Crippen LogP contribution < -0.4 is 0 Å². The molecule has 23 heavy (non-hydrogen) atoms. The van der Waals surface area contributed by atoms with Gasteiger partial charge >= 0.3 is 11.9 Å². The number of thioether (sulfide) groups is 1. The molecule has 0 amide bonds.